The molecule has 0 radical (unpaired) electrons. The van der Waals surface area contributed by atoms with Crippen LogP contribution in [0.2, 0.25) is 0 Å². The van der Waals surface area contributed by atoms with Gasteiger partial charge in [0.25, 0.3) is 0 Å². The van der Waals surface area contributed by atoms with Gasteiger partial charge in [0.15, 0.2) is 0 Å². The maximum atomic E-state index is 13.1. The van der Waals surface area contributed by atoms with Crippen LogP contribution in [0.3, 0.4) is 0 Å². The van der Waals surface area contributed by atoms with E-state index in [-0.39, 0.29) is 31.1 Å². The van der Waals surface area contributed by atoms with Crippen molar-refractivity contribution >= 4 is 35.0 Å². The summed E-state index contributed by atoms with van der Waals surface area (Å²) < 4.78 is 10.3. The van der Waals surface area contributed by atoms with Gasteiger partial charge in [-0.3, -0.25) is 9.59 Å². The maximum absolute atomic E-state index is 13.1. The molecule has 2 N–H and O–H groups in total. The van der Waals surface area contributed by atoms with Gasteiger partial charge >= 0.3 is 18.0 Å². The lowest BCUT2D eigenvalue weighted by Gasteiger charge is -2.31. The van der Waals surface area contributed by atoms with Crippen LogP contribution in [0.1, 0.15) is 97.1 Å². The molecule has 0 aliphatic carbocycles. The third-order valence-corrected chi connectivity index (χ3v) is 6.89. The summed E-state index contributed by atoms with van der Waals surface area (Å²) in [4.78, 5) is 39.9. The van der Waals surface area contributed by atoms with Crippen LogP contribution in [0.25, 0.3) is 0 Å². The summed E-state index contributed by atoms with van der Waals surface area (Å²) in [5.41, 5.74) is 4.37. The number of hydrogen-bond donors (Lipinski definition) is 2. The van der Waals surface area contributed by atoms with Gasteiger partial charge in [0.1, 0.15) is 0 Å². The number of amides is 2. The molecule has 0 unspecified atom stereocenters. The molecular formula is C34H51N3O5. The monoisotopic (exact) mass is 581 g/mol. The van der Waals surface area contributed by atoms with E-state index in [9.17, 15) is 14.4 Å². The van der Waals surface area contributed by atoms with Crippen molar-refractivity contribution in [3.63, 3.8) is 0 Å². The van der Waals surface area contributed by atoms with E-state index in [0.29, 0.717) is 36.1 Å². The van der Waals surface area contributed by atoms with Gasteiger partial charge < -0.3 is 25.0 Å². The molecule has 0 saturated carbocycles. The van der Waals surface area contributed by atoms with Crippen molar-refractivity contribution in [2.24, 2.45) is 11.8 Å². The minimum atomic E-state index is -0.430. The number of unbranched alkanes of at least 4 members (excludes halogenated alkanes) is 2. The molecular weight excluding hydrogens is 530 g/mol. The highest BCUT2D eigenvalue weighted by Crippen LogP contribution is 2.34. The Balaban J connectivity index is 2.22. The minimum Gasteiger partial charge on any atom is -0.428 e. The summed E-state index contributed by atoms with van der Waals surface area (Å²) in [6.07, 6.45) is 3.91. The van der Waals surface area contributed by atoms with Crippen LogP contribution < -0.4 is 15.5 Å². The molecule has 0 aliphatic rings. The number of nitrogens with one attached hydrogen (secondary N) is 2. The lowest BCUT2D eigenvalue weighted by atomic mass is 9.92. The smallest absolute Gasteiger partial charge is 0.323 e. The number of aryl methyl sites for hydroxylation is 1. The van der Waals surface area contributed by atoms with Crippen LogP contribution in [-0.2, 0) is 19.1 Å². The number of rotatable bonds is 17. The summed E-state index contributed by atoms with van der Waals surface area (Å²) in [6.45, 7) is 16.1. The van der Waals surface area contributed by atoms with Gasteiger partial charge in [-0.2, -0.15) is 0 Å². The molecule has 2 aromatic carbocycles. The van der Waals surface area contributed by atoms with Gasteiger partial charge in [-0.25, -0.2) is 4.79 Å². The number of urea groups is 1. The van der Waals surface area contributed by atoms with E-state index in [4.69, 9.17) is 9.47 Å². The molecule has 1 atom stereocenters. The van der Waals surface area contributed by atoms with E-state index in [1.807, 2.05) is 56.3 Å². The quantitative estimate of drug-likeness (QED) is 0.111. The topological polar surface area (TPSA) is 97.0 Å². The average Bonchev–Trinajstić information content (AvgIpc) is 2.92. The lowest BCUT2D eigenvalue weighted by molar-refractivity contribution is -0.167. The molecule has 0 aromatic heterocycles. The standard InChI is InChI=1S/C34H51N3O5/c1-8-10-11-12-32(38)41-23-42-33(39)20-27(9-2)28-15-18-31(37(21-24(3)4)22-25(5)6)30(19-28)36-34(40)35-29-16-13-26(7)14-17-29/h13-19,24-25,27H,8-12,20-23H2,1-7H3,(H2,35,36,40)/t27-/m0/s1. The normalized spacial score (nSPS) is 11.7. The molecule has 0 heterocycles. The molecule has 0 aliphatic heterocycles. The van der Waals surface area contributed by atoms with E-state index in [1.165, 1.54) is 0 Å². The highest BCUT2D eigenvalue weighted by molar-refractivity contribution is 6.02. The van der Waals surface area contributed by atoms with Crippen molar-refractivity contribution in [1.29, 1.82) is 0 Å². The van der Waals surface area contributed by atoms with Gasteiger partial charge in [0.05, 0.1) is 17.8 Å². The van der Waals surface area contributed by atoms with E-state index in [2.05, 4.69) is 50.2 Å². The highest BCUT2D eigenvalue weighted by atomic mass is 16.7. The van der Waals surface area contributed by atoms with Crippen molar-refractivity contribution in [3.8, 4) is 0 Å². The Bertz CT molecular complexity index is 1120. The van der Waals surface area contributed by atoms with Crippen LogP contribution in [0, 0.1) is 18.8 Å². The average molecular weight is 582 g/mol. The second-order valence-corrected chi connectivity index (χ2v) is 11.8. The molecule has 8 nitrogen and oxygen atoms in total. The molecule has 42 heavy (non-hydrogen) atoms. The van der Waals surface area contributed by atoms with E-state index >= 15 is 0 Å². The number of carbonyl (C=O) groups is 3. The minimum absolute atomic E-state index is 0.129. The predicted molar refractivity (Wildman–Crippen MR) is 171 cm³/mol. The summed E-state index contributed by atoms with van der Waals surface area (Å²) in [5.74, 6) is -0.0599. The van der Waals surface area contributed by atoms with Crippen LogP contribution >= 0.6 is 0 Å². The fraction of sp³-hybridized carbons (Fsp3) is 0.559. The fourth-order valence-electron chi connectivity index (χ4n) is 4.77. The van der Waals surface area contributed by atoms with Crippen molar-refractivity contribution in [2.75, 3.05) is 35.4 Å². The maximum Gasteiger partial charge on any atom is 0.323 e. The summed E-state index contributed by atoms with van der Waals surface area (Å²) in [7, 11) is 0. The Hall–Kier alpha value is -3.55. The number of esters is 2. The Morgan fingerprint density at radius 3 is 2.07 bits per heavy atom. The molecule has 0 bridgehead atoms. The molecule has 2 rings (SSSR count). The molecule has 8 heteroatoms. The summed E-state index contributed by atoms with van der Waals surface area (Å²) >= 11 is 0. The van der Waals surface area contributed by atoms with Crippen LogP contribution in [-0.4, -0.2) is 37.9 Å². The SMILES string of the molecule is CCCCCC(=O)OCOC(=O)C[C@H](CC)c1ccc(N(CC(C)C)CC(C)C)c(NC(=O)Nc2ccc(C)cc2)c1. The molecule has 232 valence electrons. The number of nitrogens with zero attached hydrogens (tertiary/aromatic N) is 1. The largest absolute Gasteiger partial charge is 0.428 e. The molecule has 0 spiro atoms. The van der Waals surface area contributed by atoms with Crippen molar-refractivity contribution in [2.45, 2.75) is 92.9 Å². The van der Waals surface area contributed by atoms with Gasteiger partial charge in [0.2, 0.25) is 6.79 Å². The van der Waals surface area contributed by atoms with Gasteiger partial charge in [-0.05, 0) is 67.3 Å². The zero-order valence-corrected chi connectivity index (χ0v) is 26.6. The number of carbonyl (C=O) groups excluding carboxylic acids is 3. The van der Waals surface area contributed by atoms with Crippen molar-refractivity contribution in [1.82, 2.24) is 0 Å². The number of ether oxygens (including phenoxy) is 2. The van der Waals surface area contributed by atoms with E-state index < -0.39 is 5.97 Å². The predicted octanol–water partition coefficient (Wildman–Crippen LogP) is 8.27. The highest BCUT2D eigenvalue weighted by Gasteiger charge is 2.21. The first-order chi connectivity index (χ1) is 20.0. The first kappa shape index (κ1) is 34.7. The summed E-state index contributed by atoms with van der Waals surface area (Å²) in [5, 5.41) is 6.00. The molecule has 2 aromatic rings. The zero-order chi connectivity index (χ0) is 31.1. The van der Waals surface area contributed by atoms with Gasteiger partial charge in [-0.1, -0.05) is 78.1 Å². The van der Waals surface area contributed by atoms with Crippen LogP contribution in [0.5, 0.6) is 0 Å². The Morgan fingerprint density at radius 2 is 1.48 bits per heavy atom. The van der Waals surface area contributed by atoms with E-state index in [1.54, 1.807) is 0 Å². The Kier molecular flexibility index (Phi) is 14.9. The van der Waals surface area contributed by atoms with E-state index in [0.717, 1.165) is 49.2 Å². The Morgan fingerprint density at radius 1 is 0.833 bits per heavy atom. The molecule has 2 amide bonds. The number of benzene rings is 2. The number of anilines is 3. The fourth-order valence-corrected chi connectivity index (χ4v) is 4.77. The second-order valence-electron chi connectivity index (χ2n) is 11.8. The molecule has 0 saturated heterocycles. The zero-order valence-electron chi connectivity index (χ0n) is 26.6. The molecule has 0 fully saturated rings. The van der Waals surface area contributed by atoms with Crippen molar-refractivity contribution in [3.05, 3.63) is 53.6 Å². The lowest BCUT2D eigenvalue weighted by Crippen LogP contribution is -2.32. The second kappa shape index (κ2) is 18.1. The van der Waals surface area contributed by atoms with Crippen LogP contribution in [0.15, 0.2) is 42.5 Å². The number of hydrogen-bond acceptors (Lipinski definition) is 6. The first-order valence-electron chi connectivity index (χ1n) is 15.4. The Labute approximate surface area is 252 Å². The first-order valence-corrected chi connectivity index (χ1v) is 15.4. The van der Waals surface area contributed by atoms with Crippen LogP contribution in [0.4, 0.5) is 21.9 Å². The third kappa shape index (κ3) is 12.5. The van der Waals surface area contributed by atoms with Crippen molar-refractivity contribution < 1.29 is 23.9 Å². The third-order valence-electron chi connectivity index (χ3n) is 6.89. The summed E-state index contributed by atoms with van der Waals surface area (Å²) in [6, 6.07) is 13.3. The van der Waals surface area contributed by atoms with Gasteiger partial charge in [0, 0.05) is 25.2 Å². The van der Waals surface area contributed by atoms with Gasteiger partial charge in [-0.15, -0.1) is 0 Å².